The van der Waals surface area contributed by atoms with E-state index in [0.29, 0.717) is 28.7 Å². The maximum atomic E-state index is 13.8. The van der Waals surface area contributed by atoms with Gasteiger partial charge in [-0.25, -0.2) is 9.37 Å². The maximum absolute atomic E-state index is 13.8. The van der Waals surface area contributed by atoms with Gasteiger partial charge in [-0.15, -0.1) is 11.3 Å². The van der Waals surface area contributed by atoms with Gasteiger partial charge in [0.15, 0.2) is 30.6 Å². The number of anilines is 1. The molecule has 0 aliphatic carbocycles. The Balaban J connectivity index is 1.50. The van der Waals surface area contributed by atoms with Crippen molar-refractivity contribution in [2.45, 2.75) is 19.9 Å². The van der Waals surface area contributed by atoms with Gasteiger partial charge in [0.25, 0.3) is 11.8 Å². The molecule has 0 saturated heterocycles. The fourth-order valence-corrected chi connectivity index (χ4v) is 4.05. The number of carbonyl (C=O) groups excluding carboxylic acids is 3. The lowest BCUT2D eigenvalue weighted by molar-refractivity contribution is -0.121. The third-order valence-corrected chi connectivity index (χ3v) is 5.87. The zero-order valence-corrected chi connectivity index (χ0v) is 19.2. The molecule has 0 bridgehead atoms. The second-order valence-corrected chi connectivity index (χ2v) is 8.42. The zero-order valence-electron chi connectivity index (χ0n) is 18.4. The van der Waals surface area contributed by atoms with E-state index in [2.05, 4.69) is 10.3 Å². The summed E-state index contributed by atoms with van der Waals surface area (Å²) in [5.74, 6) is -1.07. The Labute approximate surface area is 199 Å². The fourth-order valence-electron chi connectivity index (χ4n) is 3.29. The van der Waals surface area contributed by atoms with Crippen LogP contribution in [0.25, 0.3) is 0 Å². The van der Waals surface area contributed by atoms with E-state index in [1.165, 1.54) is 34.4 Å². The molecular formula is C24H22FN3O5S. The lowest BCUT2D eigenvalue weighted by Gasteiger charge is -2.29. The monoisotopic (exact) mass is 483 g/mol. The van der Waals surface area contributed by atoms with E-state index in [1.807, 2.05) is 6.92 Å². The summed E-state index contributed by atoms with van der Waals surface area (Å²) >= 11 is 1.27. The summed E-state index contributed by atoms with van der Waals surface area (Å²) in [6, 6.07) is 10.5. The molecule has 176 valence electrons. The van der Waals surface area contributed by atoms with Crippen LogP contribution in [-0.2, 0) is 11.3 Å². The SMILES string of the molecule is CCCNC(=O)c1csc(CN2C(=O)COc3ccc(C(=O)COc4ccccc4F)cc32)n1. The molecule has 1 aliphatic rings. The number of Topliss-reactive ketones (excluding diaryl/α,β-unsaturated/α-hetero) is 1. The first kappa shape index (κ1) is 23.4. The standard InChI is InChI=1S/C24H22FN3O5S/c1-2-9-26-24(31)17-14-34-22(27-17)11-28-18-10-15(7-8-21(18)33-13-23(28)30)19(29)12-32-20-6-4-3-5-16(20)25/h3-8,10,14H,2,9,11-13H2,1H3,(H,26,31). The van der Waals surface area contributed by atoms with Crippen LogP contribution in [0, 0.1) is 5.82 Å². The Kier molecular flexibility index (Phi) is 7.17. The zero-order chi connectivity index (χ0) is 24.1. The normalized spacial score (nSPS) is 12.6. The first-order valence-electron chi connectivity index (χ1n) is 10.7. The van der Waals surface area contributed by atoms with Crippen molar-refractivity contribution >= 4 is 34.6 Å². The van der Waals surface area contributed by atoms with Crippen LogP contribution in [0.15, 0.2) is 47.8 Å². The van der Waals surface area contributed by atoms with Gasteiger partial charge in [0.05, 0.1) is 12.2 Å². The summed E-state index contributed by atoms with van der Waals surface area (Å²) < 4.78 is 24.6. The lowest BCUT2D eigenvalue weighted by atomic mass is 10.1. The molecule has 1 aromatic heterocycles. The van der Waals surface area contributed by atoms with E-state index >= 15 is 0 Å². The highest BCUT2D eigenvalue weighted by atomic mass is 32.1. The summed E-state index contributed by atoms with van der Waals surface area (Å²) in [7, 11) is 0. The van der Waals surface area contributed by atoms with Crippen molar-refractivity contribution in [3.8, 4) is 11.5 Å². The molecule has 2 heterocycles. The van der Waals surface area contributed by atoms with Gasteiger partial charge in [-0.2, -0.15) is 0 Å². The van der Waals surface area contributed by atoms with Gasteiger partial charge in [-0.05, 0) is 36.8 Å². The van der Waals surface area contributed by atoms with Crippen LogP contribution in [0.4, 0.5) is 10.1 Å². The number of carbonyl (C=O) groups is 3. The first-order valence-corrected chi connectivity index (χ1v) is 11.5. The Morgan fingerprint density at radius 3 is 2.88 bits per heavy atom. The number of ether oxygens (including phenoxy) is 2. The molecule has 0 spiro atoms. The molecule has 2 aromatic carbocycles. The van der Waals surface area contributed by atoms with Crippen molar-refractivity contribution in [1.29, 1.82) is 0 Å². The second kappa shape index (κ2) is 10.4. The van der Waals surface area contributed by atoms with Crippen molar-refractivity contribution in [2.24, 2.45) is 0 Å². The van der Waals surface area contributed by atoms with Gasteiger partial charge in [0, 0.05) is 17.5 Å². The second-order valence-electron chi connectivity index (χ2n) is 7.48. The summed E-state index contributed by atoms with van der Waals surface area (Å²) in [4.78, 5) is 43.3. The molecule has 0 atom stereocenters. The van der Waals surface area contributed by atoms with Gasteiger partial charge in [-0.1, -0.05) is 19.1 Å². The number of hydrogen-bond acceptors (Lipinski definition) is 7. The predicted octanol–water partition coefficient (Wildman–Crippen LogP) is 3.61. The van der Waals surface area contributed by atoms with Gasteiger partial charge in [-0.3, -0.25) is 19.3 Å². The molecule has 0 radical (unpaired) electrons. The summed E-state index contributed by atoms with van der Waals surface area (Å²) in [5.41, 5.74) is 1.00. The highest BCUT2D eigenvalue weighted by Gasteiger charge is 2.28. The van der Waals surface area contributed by atoms with E-state index < -0.39 is 5.82 Å². The molecular weight excluding hydrogens is 461 g/mol. The molecule has 0 fully saturated rings. The van der Waals surface area contributed by atoms with E-state index in [1.54, 1.807) is 29.6 Å². The molecule has 34 heavy (non-hydrogen) atoms. The van der Waals surface area contributed by atoms with Crippen LogP contribution >= 0.6 is 11.3 Å². The Morgan fingerprint density at radius 2 is 2.09 bits per heavy atom. The predicted molar refractivity (Wildman–Crippen MR) is 124 cm³/mol. The van der Waals surface area contributed by atoms with Crippen molar-refractivity contribution in [1.82, 2.24) is 10.3 Å². The number of ketones is 1. The lowest BCUT2D eigenvalue weighted by Crippen LogP contribution is -2.38. The topological polar surface area (TPSA) is 97.8 Å². The highest BCUT2D eigenvalue weighted by Crippen LogP contribution is 2.34. The van der Waals surface area contributed by atoms with Crippen molar-refractivity contribution in [2.75, 3.05) is 24.7 Å². The van der Waals surface area contributed by atoms with E-state index in [9.17, 15) is 18.8 Å². The number of aromatic nitrogens is 1. The number of nitrogens with zero attached hydrogens (tertiary/aromatic N) is 2. The minimum Gasteiger partial charge on any atom is -0.482 e. The van der Waals surface area contributed by atoms with Gasteiger partial charge >= 0.3 is 0 Å². The maximum Gasteiger partial charge on any atom is 0.270 e. The van der Waals surface area contributed by atoms with E-state index in [4.69, 9.17) is 9.47 Å². The largest absolute Gasteiger partial charge is 0.482 e. The molecule has 0 saturated carbocycles. The first-order chi connectivity index (χ1) is 16.5. The number of benzene rings is 2. The minimum atomic E-state index is -0.558. The Hall–Kier alpha value is -3.79. The molecule has 1 N–H and O–H groups in total. The average molecular weight is 484 g/mol. The number of para-hydroxylation sites is 1. The summed E-state index contributed by atoms with van der Waals surface area (Å²) in [6.45, 7) is 2.13. The third-order valence-electron chi connectivity index (χ3n) is 5.03. The number of fused-ring (bicyclic) bond motifs is 1. The third kappa shape index (κ3) is 5.23. The average Bonchev–Trinajstić information content (AvgIpc) is 3.32. The molecule has 0 unspecified atom stereocenters. The molecule has 8 nitrogen and oxygen atoms in total. The molecule has 1 aliphatic heterocycles. The van der Waals surface area contributed by atoms with Crippen LogP contribution in [0.5, 0.6) is 11.5 Å². The molecule has 10 heteroatoms. The minimum absolute atomic E-state index is 0.0171. The smallest absolute Gasteiger partial charge is 0.270 e. The number of hydrogen-bond donors (Lipinski definition) is 1. The molecule has 4 rings (SSSR count). The van der Waals surface area contributed by atoms with Crippen molar-refractivity contribution in [3.05, 3.63) is 69.9 Å². The Bertz CT molecular complexity index is 1230. The van der Waals surface area contributed by atoms with Crippen LogP contribution in [0.1, 0.15) is 39.2 Å². The van der Waals surface area contributed by atoms with Crippen molar-refractivity contribution < 1.29 is 28.2 Å². The summed E-state index contributed by atoms with van der Waals surface area (Å²) in [5, 5.41) is 4.99. The number of amides is 2. The van der Waals surface area contributed by atoms with Crippen molar-refractivity contribution in [3.63, 3.8) is 0 Å². The highest BCUT2D eigenvalue weighted by molar-refractivity contribution is 7.09. The molecule has 2 amide bonds. The summed E-state index contributed by atoms with van der Waals surface area (Å²) in [6.07, 6.45) is 0.814. The fraction of sp³-hybridized carbons (Fsp3) is 0.250. The Morgan fingerprint density at radius 1 is 1.26 bits per heavy atom. The van der Waals surface area contributed by atoms with Gasteiger partial charge < -0.3 is 14.8 Å². The van der Waals surface area contributed by atoms with E-state index in [0.717, 1.165) is 6.42 Å². The van der Waals surface area contributed by atoms with Gasteiger partial charge in [0.2, 0.25) is 0 Å². The number of nitrogens with one attached hydrogen (secondary N) is 1. The molecule has 3 aromatic rings. The van der Waals surface area contributed by atoms with Crippen LogP contribution in [0.3, 0.4) is 0 Å². The quantitative estimate of drug-likeness (QED) is 0.467. The number of rotatable bonds is 9. The van der Waals surface area contributed by atoms with Gasteiger partial charge in [0.1, 0.15) is 16.5 Å². The number of thiazole rings is 1. The van der Waals surface area contributed by atoms with Crippen LogP contribution in [-0.4, -0.2) is 42.3 Å². The van der Waals surface area contributed by atoms with Crippen LogP contribution < -0.4 is 19.7 Å². The number of halogens is 1. The van der Waals surface area contributed by atoms with E-state index in [-0.39, 0.29) is 48.7 Å². The van der Waals surface area contributed by atoms with Crippen LogP contribution in [0.2, 0.25) is 0 Å².